The fraction of sp³-hybridized carbons (Fsp3) is 0.323. The minimum absolute atomic E-state index is 0.0177. The number of aryl methyl sites for hydroxylation is 2. The Balaban J connectivity index is 1.35. The number of halogens is 2. The molecule has 2 aromatic carbocycles. The third-order valence-corrected chi connectivity index (χ3v) is 8.09. The summed E-state index contributed by atoms with van der Waals surface area (Å²) < 4.78 is 23.5. The summed E-state index contributed by atoms with van der Waals surface area (Å²) in [6, 6.07) is 10.4. The molecule has 2 N–H and O–H groups in total. The lowest BCUT2D eigenvalue weighted by Gasteiger charge is -2.31. The van der Waals surface area contributed by atoms with Crippen LogP contribution in [0.15, 0.2) is 48.8 Å². The highest BCUT2D eigenvalue weighted by Gasteiger charge is 2.27. The molecule has 9 nitrogen and oxygen atoms in total. The van der Waals surface area contributed by atoms with Gasteiger partial charge in [-0.05, 0) is 70.7 Å². The number of hydrogen-bond acceptors (Lipinski definition) is 7. The number of aliphatic hydroxyl groups excluding tert-OH is 1. The van der Waals surface area contributed by atoms with Gasteiger partial charge in [0, 0.05) is 52.6 Å². The second kappa shape index (κ2) is 11.3. The number of fused-ring (bicyclic) bond motifs is 3. The molecule has 5 aromatic rings. The van der Waals surface area contributed by atoms with Crippen LogP contribution in [0.25, 0.3) is 33.1 Å². The van der Waals surface area contributed by atoms with E-state index in [0.29, 0.717) is 27.4 Å². The molecule has 1 aliphatic carbocycles. The molecule has 11 heteroatoms. The number of nitrogens with zero attached hydrogens (tertiary/aromatic N) is 5. The summed E-state index contributed by atoms with van der Waals surface area (Å²) in [4.78, 5) is 29.6. The highest BCUT2D eigenvalue weighted by Crippen LogP contribution is 2.39. The summed E-state index contributed by atoms with van der Waals surface area (Å²) in [5, 5.41) is 13.6. The molecule has 1 amide bonds. The monoisotopic (exact) mass is 588 g/mol. The van der Waals surface area contributed by atoms with Gasteiger partial charge in [0.15, 0.2) is 0 Å². The number of aromatic nitrogens is 5. The van der Waals surface area contributed by atoms with Crippen LogP contribution >= 0.6 is 11.6 Å². The second-order valence-electron chi connectivity index (χ2n) is 10.8. The summed E-state index contributed by atoms with van der Waals surface area (Å²) in [6.45, 7) is 5.27. The lowest BCUT2D eigenvalue weighted by atomic mass is 9.90. The molecule has 216 valence electrons. The quantitative estimate of drug-likeness (QED) is 0.242. The molecule has 1 aliphatic rings. The Morgan fingerprint density at radius 1 is 1.07 bits per heavy atom. The number of rotatable bonds is 6. The highest BCUT2D eigenvalue weighted by molar-refractivity contribution is 6.33. The number of carbonyl (C=O) groups is 1. The number of hydrogen-bond donors (Lipinski definition) is 2. The standard InChI is InChI=1S/C31H30ClFN6O3/c1-16-10-11-34-31(36-16)42-21-8-9-22(25(32)12-21)23-13-24-27(14-26(23)33)35-15-28-29(24)39(18(3)37-28)20-6-4-19(5-7-20)38-30(41)17(2)40/h8-15,17,19-20,40H,4-7H2,1-3H3,(H,38,41)/t17?,19-,20+. The molecule has 42 heavy (non-hydrogen) atoms. The van der Waals surface area contributed by atoms with E-state index in [1.165, 1.54) is 13.0 Å². The number of carbonyl (C=O) groups excluding carboxylic acids is 1. The number of aliphatic hydroxyl groups is 1. The van der Waals surface area contributed by atoms with Gasteiger partial charge in [-0.3, -0.25) is 9.78 Å². The van der Waals surface area contributed by atoms with Crippen molar-refractivity contribution in [1.82, 2.24) is 29.8 Å². The summed E-state index contributed by atoms with van der Waals surface area (Å²) in [5.41, 5.74) is 3.78. The fourth-order valence-corrected chi connectivity index (χ4v) is 6.00. The van der Waals surface area contributed by atoms with Gasteiger partial charge >= 0.3 is 6.01 Å². The van der Waals surface area contributed by atoms with Crippen molar-refractivity contribution in [3.63, 3.8) is 0 Å². The van der Waals surface area contributed by atoms with Crippen LogP contribution in [0.4, 0.5) is 4.39 Å². The van der Waals surface area contributed by atoms with E-state index in [1.54, 1.807) is 42.7 Å². The van der Waals surface area contributed by atoms with Crippen LogP contribution in [-0.2, 0) is 4.79 Å². The Morgan fingerprint density at radius 3 is 2.57 bits per heavy atom. The second-order valence-corrected chi connectivity index (χ2v) is 11.2. The fourth-order valence-electron chi connectivity index (χ4n) is 5.73. The van der Waals surface area contributed by atoms with Crippen molar-refractivity contribution in [2.45, 2.75) is 64.6 Å². The first-order chi connectivity index (χ1) is 20.2. The Morgan fingerprint density at radius 2 is 1.86 bits per heavy atom. The van der Waals surface area contributed by atoms with Crippen molar-refractivity contribution >= 4 is 39.4 Å². The van der Waals surface area contributed by atoms with Crippen LogP contribution in [0, 0.1) is 19.7 Å². The van der Waals surface area contributed by atoms with E-state index in [2.05, 4.69) is 24.8 Å². The molecule has 6 rings (SSSR count). The SMILES string of the molecule is Cc1ccnc(Oc2ccc(-c3cc4c(cc3F)ncc3nc(C)n([C@H]5CC[C@@H](NC(=O)C(C)O)CC5)c34)c(Cl)c2)n1. The number of imidazole rings is 1. The van der Waals surface area contributed by atoms with Crippen molar-refractivity contribution < 1.29 is 19.0 Å². The third-order valence-electron chi connectivity index (χ3n) is 7.78. The van der Waals surface area contributed by atoms with Crippen LogP contribution in [0.2, 0.25) is 5.02 Å². The van der Waals surface area contributed by atoms with Crippen LogP contribution in [0.5, 0.6) is 11.8 Å². The van der Waals surface area contributed by atoms with Crippen LogP contribution < -0.4 is 10.1 Å². The predicted octanol–water partition coefficient (Wildman–Crippen LogP) is 6.22. The molecular weight excluding hydrogens is 559 g/mol. The zero-order valence-electron chi connectivity index (χ0n) is 23.4. The maximum absolute atomic E-state index is 15.5. The van der Waals surface area contributed by atoms with Crippen LogP contribution in [0.3, 0.4) is 0 Å². The van der Waals surface area contributed by atoms with Gasteiger partial charge in [0.05, 0.1) is 22.3 Å². The van der Waals surface area contributed by atoms with Crippen LogP contribution in [0.1, 0.15) is 50.2 Å². The van der Waals surface area contributed by atoms with E-state index in [0.717, 1.165) is 53.6 Å². The van der Waals surface area contributed by atoms with Gasteiger partial charge in [-0.25, -0.2) is 19.3 Å². The maximum atomic E-state index is 15.5. The largest absolute Gasteiger partial charge is 0.424 e. The number of nitrogens with one attached hydrogen (secondary N) is 1. The highest BCUT2D eigenvalue weighted by atomic mass is 35.5. The number of benzene rings is 2. The molecule has 3 aromatic heterocycles. The molecule has 0 saturated heterocycles. The first-order valence-corrected chi connectivity index (χ1v) is 14.3. The maximum Gasteiger partial charge on any atom is 0.322 e. The van der Waals surface area contributed by atoms with Gasteiger partial charge in [-0.15, -0.1) is 0 Å². The predicted molar refractivity (Wildman–Crippen MR) is 158 cm³/mol. The zero-order chi connectivity index (χ0) is 29.5. The Kier molecular flexibility index (Phi) is 7.51. The molecule has 1 saturated carbocycles. The smallest absolute Gasteiger partial charge is 0.322 e. The van der Waals surface area contributed by atoms with Crippen molar-refractivity contribution in [2.24, 2.45) is 0 Å². The summed E-state index contributed by atoms with van der Waals surface area (Å²) >= 11 is 6.66. The minimum atomic E-state index is -1.03. The van der Waals surface area contributed by atoms with E-state index in [9.17, 15) is 9.90 Å². The lowest BCUT2D eigenvalue weighted by Crippen LogP contribution is -2.42. The number of amides is 1. The van der Waals surface area contributed by atoms with E-state index in [4.69, 9.17) is 21.3 Å². The van der Waals surface area contributed by atoms with Gasteiger partial charge in [-0.1, -0.05) is 11.6 Å². The molecule has 0 radical (unpaired) electrons. The van der Waals surface area contributed by atoms with Crippen molar-refractivity contribution in [2.75, 3.05) is 0 Å². The van der Waals surface area contributed by atoms with Crippen molar-refractivity contribution in [1.29, 1.82) is 0 Å². The average Bonchev–Trinajstić information content (AvgIpc) is 3.29. The molecular formula is C31H30ClFN6O3. The molecule has 0 bridgehead atoms. The van der Waals surface area contributed by atoms with Gasteiger partial charge in [-0.2, -0.15) is 0 Å². The summed E-state index contributed by atoms with van der Waals surface area (Å²) in [5.74, 6) is 0.494. The first-order valence-electron chi connectivity index (χ1n) is 13.9. The van der Waals surface area contributed by atoms with Gasteiger partial charge in [0.1, 0.15) is 29.0 Å². The number of pyridine rings is 1. The molecule has 0 aliphatic heterocycles. The third kappa shape index (κ3) is 5.39. The van der Waals surface area contributed by atoms with E-state index in [-0.39, 0.29) is 24.0 Å². The van der Waals surface area contributed by atoms with Gasteiger partial charge < -0.3 is 19.7 Å². The normalized spacial score (nSPS) is 17.9. The molecule has 3 heterocycles. The molecule has 1 unspecified atom stereocenters. The lowest BCUT2D eigenvalue weighted by molar-refractivity contribution is -0.129. The van der Waals surface area contributed by atoms with Gasteiger partial charge in [0.25, 0.3) is 0 Å². The summed E-state index contributed by atoms with van der Waals surface area (Å²) in [7, 11) is 0. The van der Waals surface area contributed by atoms with E-state index < -0.39 is 11.9 Å². The molecule has 1 atom stereocenters. The molecule has 0 spiro atoms. The average molecular weight is 589 g/mol. The zero-order valence-corrected chi connectivity index (χ0v) is 24.2. The Bertz CT molecular complexity index is 1820. The summed E-state index contributed by atoms with van der Waals surface area (Å²) in [6.07, 6.45) is 5.47. The Labute approximate surface area is 246 Å². The first kappa shape index (κ1) is 28.0. The minimum Gasteiger partial charge on any atom is -0.424 e. The molecule has 1 fully saturated rings. The van der Waals surface area contributed by atoms with Crippen LogP contribution in [-0.4, -0.2) is 47.7 Å². The van der Waals surface area contributed by atoms with Gasteiger partial charge in [0.2, 0.25) is 5.91 Å². The van der Waals surface area contributed by atoms with E-state index >= 15 is 4.39 Å². The van der Waals surface area contributed by atoms with E-state index in [1.807, 2.05) is 13.8 Å². The Hall–Kier alpha value is -4.15. The number of ether oxygens (including phenoxy) is 1. The topological polar surface area (TPSA) is 115 Å². The van der Waals surface area contributed by atoms with Crippen molar-refractivity contribution in [3.05, 3.63) is 71.2 Å². The van der Waals surface area contributed by atoms with Crippen molar-refractivity contribution in [3.8, 4) is 22.9 Å².